The standard InChI is InChI=1S/C16H19N3O/c17-16(8-2-1-3-9-16)15(20)19-14-6-4-5-12-7-10-18-11-13(12)14/h4-7,10-11H,1-3,8-9,17H2,(H,19,20). The first-order valence-corrected chi connectivity index (χ1v) is 7.12. The molecule has 1 aromatic carbocycles. The molecule has 104 valence electrons. The molecule has 1 saturated carbocycles. The number of fused-ring (bicyclic) bond motifs is 1. The zero-order valence-corrected chi connectivity index (χ0v) is 11.4. The third-order valence-electron chi connectivity index (χ3n) is 4.13. The van der Waals surface area contributed by atoms with Gasteiger partial charge in [-0.15, -0.1) is 0 Å². The first-order chi connectivity index (χ1) is 9.69. The van der Waals surface area contributed by atoms with Crippen molar-refractivity contribution in [2.75, 3.05) is 5.32 Å². The van der Waals surface area contributed by atoms with Crippen LogP contribution in [0.15, 0.2) is 36.7 Å². The zero-order valence-electron chi connectivity index (χ0n) is 11.4. The molecule has 0 spiro atoms. The van der Waals surface area contributed by atoms with Gasteiger partial charge in [0.2, 0.25) is 5.91 Å². The van der Waals surface area contributed by atoms with Crippen LogP contribution >= 0.6 is 0 Å². The van der Waals surface area contributed by atoms with Crippen LogP contribution in [0.5, 0.6) is 0 Å². The van der Waals surface area contributed by atoms with Gasteiger partial charge in [0.15, 0.2) is 0 Å². The summed E-state index contributed by atoms with van der Waals surface area (Å²) in [7, 11) is 0. The molecule has 4 heteroatoms. The third kappa shape index (κ3) is 2.39. The topological polar surface area (TPSA) is 68.0 Å². The first kappa shape index (κ1) is 13.1. The van der Waals surface area contributed by atoms with E-state index in [1.54, 1.807) is 12.4 Å². The highest BCUT2D eigenvalue weighted by Gasteiger charge is 2.35. The molecule has 0 unspecified atom stereocenters. The molecule has 3 N–H and O–H groups in total. The molecular formula is C16H19N3O. The van der Waals surface area contributed by atoms with E-state index in [1.807, 2.05) is 24.3 Å². The Morgan fingerprint density at radius 2 is 2.00 bits per heavy atom. The Morgan fingerprint density at radius 1 is 1.20 bits per heavy atom. The molecule has 0 aliphatic heterocycles. The molecule has 0 radical (unpaired) electrons. The number of hydrogen-bond acceptors (Lipinski definition) is 3. The van der Waals surface area contributed by atoms with E-state index in [0.717, 1.165) is 42.1 Å². The quantitative estimate of drug-likeness (QED) is 0.881. The van der Waals surface area contributed by atoms with Crippen molar-refractivity contribution < 1.29 is 4.79 Å². The molecule has 2 aromatic rings. The minimum Gasteiger partial charge on any atom is -0.324 e. The predicted molar refractivity (Wildman–Crippen MR) is 80.4 cm³/mol. The molecule has 4 nitrogen and oxygen atoms in total. The SMILES string of the molecule is NC1(C(=O)Nc2cccc3ccncc23)CCCCC1. The van der Waals surface area contributed by atoms with E-state index >= 15 is 0 Å². The van der Waals surface area contributed by atoms with Crippen molar-refractivity contribution in [3.63, 3.8) is 0 Å². The molecule has 0 atom stereocenters. The Morgan fingerprint density at radius 3 is 2.80 bits per heavy atom. The van der Waals surface area contributed by atoms with Crippen LogP contribution < -0.4 is 11.1 Å². The average molecular weight is 269 g/mol. The highest BCUT2D eigenvalue weighted by atomic mass is 16.2. The molecule has 0 bridgehead atoms. The van der Waals surface area contributed by atoms with Gasteiger partial charge in [-0.25, -0.2) is 0 Å². The molecule has 1 aromatic heterocycles. The number of anilines is 1. The van der Waals surface area contributed by atoms with E-state index in [-0.39, 0.29) is 5.91 Å². The lowest BCUT2D eigenvalue weighted by Crippen LogP contribution is -2.52. The maximum absolute atomic E-state index is 12.5. The van der Waals surface area contributed by atoms with Crippen molar-refractivity contribution in [3.8, 4) is 0 Å². The summed E-state index contributed by atoms with van der Waals surface area (Å²) in [6.07, 6.45) is 8.28. The molecule has 3 rings (SSSR count). The lowest BCUT2D eigenvalue weighted by Gasteiger charge is -2.31. The average Bonchev–Trinajstić information content (AvgIpc) is 2.48. The van der Waals surface area contributed by atoms with Gasteiger partial charge < -0.3 is 11.1 Å². The molecule has 1 amide bonds. The molecule has 1 aliphatic rings. The van der Waals surface area contributed by atoms with Crippen molar-refractivity contribution in [3.05, 3.63) is 36.7 Å². The highest BCUT2D eigenvalue weighted by molar-refractivity contribution is 6.05. The Hall–Kier alpha value is -1.94. The number of pyridine rings is 1. The van der Waals surface area contributed by atoms with E-state index in [0.29, 0.717) is 0 Å². The maximum Gasteiger partial charge on any atom is 0.244 e. The van der Waals surface area contributed by atoms with Gasteiger partial charge in [0.1, 0.15) is 0 Å². The van der Waals surface area contributed by atoms with Crippen LogP contribution in [0.1, 0.15) is 32.1 Å². The van der Waals surface area contributed by atoms with Crippen molar-refractivity contribution in [1.29, 1.82) is 0 Å². The number of nitrogens with two attached hydrogens (primary N) is 1. The second kappa shape index (κ2) is 5.21. The molecule has 20 heavy (non-hydrogen) atoms. The Kier molecular flexibility index (Phi) is 3.40. The largest absolute Gasteiger partial charge is 0.324 e. The normalized spacial score (nSPS) is 17.9. The Bertz CT molecular complexity index is 627. The maximum atomic E-state index is 12.5. The van der Waals surface area contributed by atoms with Gasteiger partial charge in [0, 0.05) is 17.8 Å². The summed E-state index contributed by atoms with van der Waals surface area (Å²) in [4.78, 5) is 16.6. The minimum absolute atomic E-state index is 0.0754. The van der Waals surface area contributed by atoms with Gasteiger partial charge in [-0.3, -0.25) is 9.78 Å². The van der Waals surface area contributed by atoms with Crippen LogP contribution in [0.4, 0.5) is 5.69 Å². The summed E-state index contributed by atoms with van der Waals surface area (Å²) in [6.45, 7) is 0. The van der Waals surface area contributed by atoms with E-state index in [2.05, 4.69) is 10.3 Å². The minimum atomic E-state index is -0.720. The van der Waals surface area contributed by atoms with Gasteiger partial charge in [-0.2, -0.15) is 0 Å². The lowest BCUT2D eigenvalue weighted by atomic mass is 9.82. The fourth-order valence-electron chi connectivity index (χ4n) is 2.88. The number of hydrogen-bond donors (Lipinski definition) is 2. The Balaban J connectivity index is 1.87. The van der Waals surface area contributed by atoms with Crippen LogP contribution in [-0.2, 0) is 4.79 Å². The fraction of sp³-hybridized carbons (Fsp3) is 0.375. The lowest BCUT2D eigenvalue weighted by molar-refractivity contribution is -0.122. The zero-order chi connectivity index (χ0) is 14.0. The summed E-state index contributed by atoms with van der Waals surface area (Å²) in [5.74, 6) is -0.0754. The van der Waals surface area contributed by atoms with Crippen molar-refractivity contribution in [1.82, 2.24) is 4.98 Å². The van der Waals surface area contributed by atoms with Crippen LogP contribution in [-0.4, -0.2) is 16.4 Å². The molecule has 1 heterocycles. The molecular weight excluding hydrogens is 250 g/mol. The number of amides is 1. The second-order valence-corrected chi connectivity index (χ2v) is 5.57. The van der Waals surface area contributed by atoms with Crippen LogP contribution in [0.25, 0.3) is 10.8 Å². The van der Waals surface area contributed by atoms with E-state index < -0.39 is 5.54 Å². The van der Waals surface area contributed by atoms with Crippen molar-refractivity contribution >= 4 is 22.4 Å². The van der Waals surface area contributed by atoms with E-state index in [1.165, 1.54) is 6.42 Å². The van der Waals surface area contributed by atoms with Gasteiger partial charge in [-0.05, 0) is 30.4 Å². The van der Waals surface area contributed by atoms with Gasteiger partial charge in [0.05, 0.1) is 11.2 Å². The van der Waals surface area contributed by atoms with Gasteiger partial charge in [-0.1, -0.05) is 31.4 Å². The summed E-state index contributed by atoms with van der Waals surface area (Å²) in [5, 5.41) is 5.00. The van der Waals surface area contributed by atoms with Crippen molar-refractivity contribution in [2.45, 2.75) is 37.6 Å². The number of rotatable bonds is 2. The summed E-state index contributed by atoms with van der Waals surface area (Å²) in [6, 6.07) is 7.77. The number of nitrogens with one attached hydrogen (secondary N) is 1. The van der Waals surface area contributed by atoms with E-state index in [4.69, 9.17) is 5.73 Å². The van der Waals surface area contributed by atoms with Crippen LogP contribution in [0, 0.1) is 0 Å². The number of nitrogens with zero attached hydrogens (tertiary/aromatic N) is 1. The summed E-state index contributed by atoms with van der Waals surface area (Å²) in [5.41, 5.74) is 6.34. The summed E-state index contributed by atoms with van der Waals surface area (Å²) < 4.78 is 0. The molecule has 1 aliphatic carbocycles. The first-order valence-electron chi connectivity index (χ1n) is 7.12. The number of benzene rings is 1. The van der Waals surface area contributed by atoms with Gasteiger partial charge >= 0.3 is 0 Å². The Labute approximate surface area is 118 Å². The fourth-order valence-corrected chi connectivity index (χ4v) is 2.88. The number of carbonyl (C=O) groups excluding carboxylic acids is 1. The second-order valence-electron chi connectivity index (χ2n) is 5.57. The van der Waals surface area contributed by atoms with Gasteiger partial charge in [0.25, 0.3) is 0 Å². The molecule has 1 fully saturated rings. The van der Waals surface area contributed by atoms with Crippen molar-refractivity contribution in [2.24, 2.45) is 5.73 Å². The number of aromatic nitrogens is 1. The highest BCUT2D eigenvalue weighted by Crippen LogP contribution is 2.29. The van der Waals surface area contributed by atoms with Crippen LogP contribution in [0.3, 0.4) is 0 Å². The smallest absolute Gasteiger partial charge is 0.244 e. The van der Waals surface area contributed by atoms with Crippen LogP contribution in [0.2, 0.25) is 0 Å². The predicted octanol–water partition coefficient (Wildman–Crippen LogP) is 2.83. The summed E-state index contributed by atoms with van der Waals surface area (Å²) >= 11 is 0. The molecule has 0 saturated heterocycles. The monoisotopic (exact) mass is 269 g/mol. The third-order valence-corrected chi connectivity index (χ3v) is 4.13. The van der Waals surface area contributed by atoms with E-state index in [9.17, 15) is 4.79 Å². The number of carbonyl (C=O) groups is 1.